The molecule has 3 N–H and O–H groups in total. The molecule has 0 heterocycles. The number of rotatable bonds is 3. The second-order valence-corrected chi connectivity index (χ2v) is 3.39. The first-order valence-electron chi connectivity index (χ1n) is 4.87. The van der Waals surface area contributed by atoms with Gasteiger partial charge in [0, 0.05) is 18.2 Å². The van der Waals surface area contributed by atoms with Crippen molar-refractivity contribution in [3.63, 3.8) is 0 Å². The predicted octanol–water partition coefficient (Wildman–Crippen LogP) is 2.01. The van der Waals surface area contributed by atoms with Crippen molar-refractivity contribution in [3.05, 3.63) is 17.7 Å². The average Bonchev–Trinajstić information content (AvgIpc) is 2.17. The van der Waals surface area contributed by atoms with Gasteiger partial charge in [0.25, 0.3) is 0 Å². The maximum absolute atomic E-state index is 10.9. The van der Waals surface area contributed by atoms with Crippen LogP contribution in [0.4, 0.5) is 5.69 Å². The average molecular weight is 209 g/mol. The van der Waals surface area contributed by atoms with E-state index in [9.17, 15) is 15.0 Å². The fourth-order valence-electron chi connectivity index (χ4n) is 1.43. The maximum atomic E-state index is 10.9. The van der Waals surface area contributed by atoms with Gasteiger partial charge in [0.1, 0.15) is 0 Å². The molecule has 82 valence electrons. The van der Waals surface area contributed by atoms with Gasteiger partial charge in [-0.3, -0.25) is 4.79 Å². The summed E-state index contributed by atoms with van der Waals surface area (Å²) in [7, 11) is 0. The zero-order valence-electron chi connectivity index (χ0n) is 8.87. The van der Waals surface area contributed by atoms with Crippen molar-refractivity contribution < 1.29 is 15.0 Å². The number of amides is 1. The lowest BCUT2D eigenvalue weighted by Gasteiger charge is -2.11. The molecule has 0 aliphatic carbocycles. The highest BCUT2D eigenvalue weighted by Crippen LogP contribution is 2.35. The standard InChI is InChI=1S/C11H15NO3/c1-3-4-8-9(12-7(2)13)5-6-10(14)11(8)15/h5-6,14-15H,3-4H2,1-2H3,(H,12,13). The Morgan fingerprint density at radius 1 is 1.40 bits per heavy atom. The van der Waals surface area contributed by atoms with E-state index in [0.29, 0.717) is 17.7 Å². The second kappa shape index (κ2) is 4.68. The SMILES string of the molecule is CCCc1c(NC(C)=O)ccc(O)c1O. The number of benzene rings is 1. The third-order valence-corrected chi connectivity index (χ3v) is 2.07. The third kappa shape index (κ3) is 2.62. The number of hydrogen-bond donors (Lipinski definition) is 3. The lowest BCUT2D eigenvalue weighted by Crippen LogP contribution is -2.08. The molecule has 0 aliphatic rings. The molecular formula is C11H15NO3. The van der Waals surface area contributed by atoms with Crippen LogP contribution in [0.3, 0.4) is 0 Å². The molecule has 0 spiro atoms. The Labute approximate surface area is 88.6 Å². The summed E-state index contributed by atoms with van der Waals surface area (Å²) in [4.78, 5) is 10.9. The van der Waals surface area contributed by atoms with Gasteiger partial charge in [0.2, 0.25) is 5.91 Å². The van der Waals surface area contributed by atoms with Crippen LogP contribution in [0.1, 0.15) is 25.8 Å². The molecule has 15 heavy (non-hydrogen) atoms. The van der Waals surface area contributed by atoms with E-state index in [2.05, 4.69) is 5.32 Å². The fraction of sp³-hybridized carbons (Fsp3) is 0.364. The highest BCUT2D eigenvalue weighted by atomic mass is 16.3. The maximum Gasteiger partial charge on any atom is 0.221 e. The Morgan fingerprint density at radius 3 is 2.60 bits per heavy atom. The Morgan fingerprint density at radius 2 is 2.07 bits per heavy atom. The summed E-state index contributed by atoms with van der Waals surface area (Å²) in [6.07, 6.45) is 1.43. The molecule has 0 atom stereocenters. The lowest BCUT2D eigenvalue weighted by molar-refractivity contribution is -0.114. The van der Waals surface area contributed by atoms with Crippen molar-refractivity contribution in [2.24, 2.45) is 0 Å². The highest BCUT2D eigenvalue weighted by Gasteiger charge is 2.11. The summed E-state index contributed by atoms with van der Waals surface area (Å²) in [5.74, 6) is -0.506. The van der Waals surface area contributed by atoms with E-state index in [0.717, 1.165) is 6.42 Å². The lowest BCUT2D eigenvalue weighted by atomic mass is 10.1. The second-order valence-electron chi connectivity index (χ2n) is 3.39. The topological polar surface area (TPSA) is 69.6 Å². The van der Waals surface area contributed by atoms with E-state index in [-0.39, 0.29) is 17.4 Å². The highest BCUT2D eigenvalue weighted by molar-refractivity contribution is 5.90. The Hall–Kier alpha value is -1.71. The predicted molar refractivity (Wildman–Crippen MR) is 58.1 cm³/mol. The molecular weight excluding hydrogens is 194 g/mol. The van der Waals surface area contributed by atoms with Gasteiger partial charge in [-0.05, 0) is 18.6 Å². The molecule has 0 unspecified atom stereocenters. The molecule has 0 aliphatic heterocycles. The summed E-state index contributed by atoms with van der Waals surface area (Å²) in [6, 6.07) is 2.95. The van der Waals surface area contributed by atoms with Crippen molar-refractivity contribution >= 4 is 11.6 Å². The fourth-order valence-corrected chi connectivity index (χ4v) is 1.43. The minimum atomic E-state index is -0.197. The van der Waals surface area contributed by atoms with Crippen LogP contribution in [-0.4, -0.2) is 16.1 Å². The van der Waals surface area contributed by atoms with Gasteiger partial charge in [-0.2, -0.15) is 0 Å². The Bertz CT molecular complexity index is 374. The van der Waals surface area contributed by atoms with E-state index in [1.807, 2.05) is 6.92 Å². The van der Waals surface area contributed by atoms with E-state index in [1.165, 1.54) is 13.0 Å². The number of carbonyl (C=O) groups is 1. The number of carbonyl (C=O) groups excluding carboxylic acids is 1. The monoisotopic (exact) mass is 209 g/mol. The van der Waals surface area contributed by atoms with Gasteiger partial charge in [-0.25, -0.2) is 0 Å². The van der Waals surface area contributed by atoms with Crippen LogP contribution in [0.5, 0.6) is 11.5 Å². The number of phenolic OH excluding ortho intramolecular Hbond substituents is 2. The third-order valence-electron chi connectivity index (χ3n) is 2.07. The van der Waals surface area contributed by atoms with E-state index >= 15 is 0 Å². The summed E-state index contributed by atoms with van der Waals surface area (Å²) in [5.41, 5.74) is 1.13. The zero-order chi connectivity index (χ0) is 11.4. The van der Waals surface area contributed by atoms with E-state index < -0.39 is 0 Å². The molecule has 1 aromatic carbocycles. The van der Waals surface area contributed by atoms with Gasteiger partial charge in [-0.1, -0.05) is 13.3 Å². The van der Waals surface area contributed by atoms with Crippen LogP contribution < -0.4 is 5.32 Å². The van der Waals surface area contributed by atoms with Crippen LogP contribution in [0.15, 0.2) is 12.1 Å². The van der Waals surface area contributed by atoms with Crippen molar-refractivity contribution in [1.29, 1.82) is 0 Å². The minimum Gasteiger partial charge on any atom is -0.504 e. The first-order chi connectivity index (χ1) is 7.06. The largest absolute Gasteiger partial charge is 0.504 e. The number of nitrogens with one attached hydrogen (secondary N) is 1. The number of anilines is 1. The molecule has 0 saturated heterocycles. The van der Waals surface area contributed by atoms with E-state index in [1.54, 1.807) is 6.07 Å². The Kier molecular flexibility index (Phi) is 3.55. The molecule has 0 radical (unpaired) electrons. The molecule has 4 nitrogen and oxygen atoms in total. The van der Waals surface area contributed by atoms with Crippen LogP contribution in [0.25, 0.3) is 0 Å². The van der Waals surface area contributed by atoms with Gasteiger partial charge in [0.05, 0.1) is 0 Å². The molecule has 0 saturated carbocycles. The quantitative estimate of drug-likeness (QED) is 0.527. The van der Waals surface area contributed by atoms with Crippen LogP contribution in [0, 0.1) is 0 Å². The van der Waals surface area contributed by atoms with Crippen LogP contribution >= 0.6 is 0 Å². The molecule has 0 fully saturated rings. The van der Waals surface area contributed by atoms with Crippen LogP contribution in [0.2, 0.25) is 0 Å². The molecule has 4 heteroatoms. The summed E-state index contributed by atoms with van der Waals surface area (Å²) >= 11 is 0. The summed E-state index contributed by atoms with van der Waals surface area (Å²) < 4.78 is 0. The zero-order valence-corrected chi connectivity index (χ0v) is 8.87. The molecule has 1 aromatic rings. The van der Waals surface area contributed by atoms with Crippen LogP contribution in [-0.2, 0) is 11.2 Å². The summed E-state index contributed by atoms with van der Waals surface area (Å²) in [6.45, 7) is 3.36. The summed E-state index contributed by atoms with van der Waals surface area (Å²) in [5, 5.41) is 21.6. The van der Waals surface area contributed by atoms with Crippen molar-refractivity contribution in [1.82, 2.24) is 0 Å². The normalized spacial score (nSPS) is 10.0. The van der Waals surface area contributed by atoms with Gasteiger partial charge in [0.15, 0.2) is 11.5 Å². The minimum absolute atomic E-state index is 0.150. The first-order valence-corrected chi connectivity index (χ1v) is 4.87. The first kappa shape index (κ1) is 11.4. The number of phenols is 2. The molecule has 1 amide bonds. The molecule has 1 rings (SSSR count). The molecule has 0 bridgehead atoms. The number of aromatic hydroxyl groups is 2. The van der Waals surface area contributed by atoms with Crippen molar-refractivity contribution in [3.8, 4) is 11.5 Å². The van der Waals surface area contributed by atoms with Gasteiger partial charge in [-0.15, -0.1) is 0 Å². The van der Waals surface area contributed by atoms with Crippen molar-refractivity contribution in [2.45, 2.75) is 26.7 Å². The van der Waals surface area contributed by atoms with Gasteiger partial charge < -0.3 is 15.5 Å². The van der Waals surface area contributed by atoms with Gasteiger partial charge >= 0.3 is 0 Å². The van der Waals surface area contributed by atoms with Crippen molar-refractivity contribution in [2.75, 3.05) is 5.32 Å². The smallest absolute Gasteiger partial charge is 0.221 e. The molecule has 0 aromatic heterocycles. The van der Waals surface area contributed by atoms with E-state index in [4.69, 9.17) is 0 Å². The Balaban J connectivity index is 3.14. The number of hydrogen-bond acceptors (Lipinski definition) is 3.